The van der Waals surface area contributed by atoms with E-state index in [0.717, 1.165) is 5.56 Å². The number of hydrogen-bond donors (Lipinski definition) is 1. The molecule has 2 heterocycles. The minimum Gasteiger partial charge on any atom is -0.491 e. The molecule has 1 N–H and O–H groups in total. The molecule has 7 nitrogen and oxygen atoms in total. The molecule has 1 aromatic heterocycles. The highest BCUT2D eigenvalue weighted by molar-refractivity contribution is 7.89. The van der Waals surface area contributed by atoms with Gasteiger partial charge in [-0.3, -0.25) is 4.98 Å². The lowest BCUT2D eigenvalue weighted by atomic mass is 10.1. The predicted octanol–water partition coefficient (Wildman–Crippen LogP) is 2.25. The Bertz CT molecular complexity index is 819. The van der Waals surface area contributed by atoms with Crippen LogP contribution in [0.5, 0.6) is 5.75 Å². The summed E-state index contributed by atoms with van der Waals surface area (Å²) in [6.45, 7) is 5.09. The van der Waals surface area contributed by atoms with Gasteiger partial charge in [-0.25, -0.2) is 8.42 Å². The summed E-state index contributed by atoms with van der Waals surface area (Å²) in [5, 5.41) is 3.26. The van der Waals surface area contributed by atoms with Crippen molar-refractivity contribution < 1.29 is 17.9 Å². The Balaban J connectivity index is 0.00000280. The Morgan fingerprint density at radius 1 is 1.21 bits per heavy atom. The predicted molar refractivity (Wildman–Crippen MR) is 109 cm³/mol. The number of halogens is 1. The third-order valence-electron chi connectivity index (χ3n) is 4.39. The average Bonchev–Trinajstić information content (AvgIpc) is 2.72. The molecule has 1 aliphatic heterocycles. The molecule has 0 saturated carbocycles. The van der Waals surface area contributed by atoms with Gasteiger partial charge in [0.25, 0.3) is 0 Å². The van der Waals surface area contributed by atoms with Crippen LogP contribution in [-0.4, -0.2) is 57.2 Å². The third kappa shape index (κ3) is 5.42. The summed E-state index contributed by atoms with van der Waals surface area (Å²) in [4.78, 5) is 4.39. The molecule has 1 saturated heterocycles. The van der Waals surface area contributed by atoms with E-state index in [1.165, 1.54) is 0 Å². The largest absolute Gasteiger partial charge is 0.491 e. The Labute approximate surface area is 172 Å². The summed E-state index contributed by atoms with van der Waals surface area (Å²) in [6.07, 6.45) is 3.40. The highest BCUT2D eigenvalue weighted by Gasteiger charge is 2.34. The van der Waals surface area contributed by atoms with E-state index in [4.69, 9.17) is 9.47 Å². The summed E-state index contributed by atoms with van der Waals surface area (Å²) in [6, 6.07) is 9.99. The van der Waals surface area contributed by atoms with Crippen LogP contribution in [0, 0.1) is 0 Å². The molecule has 0 bridgehead atoms. The van der Waals surface area contributed by atoms with Gasteiger partial charge in [0.15, 0.2) is 0 Å². The first-order valence-electron chi connectivity index (χ1n) is 9.06. The van der Waals surface area contributed by atoms with Gasteiger partial charge in [-0.2, -0.15) is 4.31 Å². The molecule has 1 aromatic carbocycles. The van der Waals surface area contributed by atoms with Crippen LogP contribution in [-0.2, 0) is 14.8 Å². The van der Waals surface area contributed by atoms with Gasteiger partial charge in [0.1, 0.15) is 12.4 Å². The van der Waals surface area contributed by atoms with Crippen LogP contribution in [0.2, 0.25) is 0 Å². The van der Waals surface area contributed by atoms with Gasteiger partial charge in [0.2, 0.25) is 10.0 Å². The SMILES string of the molecule is CCOCCOc1ccc(S(=O)(=O)N2CCNCC2c2cccnc2)cc1.Cl. The lowest BCUT2D eigenvalue weighted by Crippen LogP contribution is -2.48. The molecule has 2 aromatic rings. The van der Waals surface area contributed by atoms with Crippen LogP contribution >= 0.6 is 12.4 Å². The molecule has 1 aliphatic rings. The smallest absolute Gasteiger partial charge is 0.243 e. The first kappa shape index (κ1) is 22.6. The lowest BCUT2D eigenvalue weighted by Gasteiger charge is -2.35. The molecule has 3 rings (SSSR count). The van der Waals surface area contributed by atoms with Crippen molar-refractivity contribution in [2.75, 3.05) is 39.5 Å². The van der Waals surface area contributed by atoms with E-state index >= 15 is 0 Å². The van der Waals surface area contributed by atoms with Crippen molar-refractivity contribution >= 4 is 22.4 Å². The maximum absolute atomic E-state index is 13.2. The first-order valence-corrected chi connectivity index (χ1v) is 10.5. The van der Waals surface area contributed by atoms with Crippen LogP contribution in [0.4, 0.5) is 0 Å². The van der Waals surface area contributed by atoms with Gasteiger partial charge in [0, 0.05) is 38.6 Å². The summed E-state index contributed by atoms with van der Waals surface area (Å²) in [5.41, 5.74) is 0.879. The van der Waals surface area contributed by atoms with E-state index in [9.17, 15) is 8.42 Å². The molecule has 28 heavy (non-hydrogen) atoms. The Morgan fingerprint density at radius 2 is 2.00 bits per heavy atom. The van der Waals surface area contributed by atoms with E-state index in [2.05, 4.69) is 10.3 Å². The fourth-order valence-electron chi connectivity index (χ4n) is 3.04. The summed E-state index contributed by atoms with van der Waals surface area (Å²) in [5.74, 6) is 0.623. The second-order valence-corrected chi connectivity index (χ2v) is 8.03. The maximum atomic E-state index is 13.2. The molecule has 1 atom stereocenters. The van der Waals surface area contributed by atoms with E-state index < -0.39 is 10.0 Å². The molecule has 154 valence electrons. The third-order valence-corrected chi connectivity index (χ3v) is 6.32. The minimum absolute atomic E-state index is 0. The number of hydrogen-bond acceptors (Lipinski definition) is 6. The van der Waals surface area contributed by atoms with Crippen molar-refractivity contribution in [3.05, 3.63) is 54.4 Å². The van der Waals surface area contributed by atoms with E-state index in [-0.39, 0.29) is 23.3 Å². The van der Waals surface area contributed by atoms with Crippen molar-refractivity contribution in [1.82, 2.24) is 14.6 Å². The van der Waals surface area contributed by atoms with Gasteiger partial charge < -0.3 is 14.8 Å². The van der Waals surface area contributed by atoms with Crippen molar-refractivity contribution in [3.63, 3.8) is 0 Å². The van der Waals surface area contributed by atoms with Crippen molar-refractivity contribution in [2.45, 2.75) is 17.9 Å². The number of aromatic nitrogens is 1. The molecule has 0 spiro atoms. The van der Waals surface area contributed by atoms with Gasteiger partial charge in [-0.1, -0.05) is 6.07 Å². The van der Waals surface area contributed by atoms with Gasteiger partial charge in [-0.05, 0) is 42.8 Å². The highest BCUT2D eigenvalue weighted by atomic mass is 35.5. The second-order valence-electron chi connectivity index (χ2n) is 6.14. The monoisotopic (exact) mass is 427 g/mol. The van der Waals surface area contributed by atoms with Crippen molar-refractivity contribution in [3.8, 4) is 5.75 Å². The maximum Gasteiger partial charge on any atom is 0.243 e. The first-order chi connectivity index (χ1) is 13.1. The second kappa shape index (κ2) is 10.7. The standard InChI is InChI=1S/C19H25N3O4S.ClH/c1-2-25-12-13-26-17-5-7-18(8-6-17)27(23,24)22-11-10-21-15-19(22)16-4-3-9-20-14-16;/h3-9,14,19,21H,2,10-13,15H2,1H3;1H. The fourth-order valence-corrected chi connectivity index (χ4v) is 4.65. The van der Waals surface area contributed by atoms with Crippen LogP contribution in [0.25, 0.3) is 0 Å². The number of piperazine rings is 1. The zero-order valence-corrected chi connectivity index (χ0v) is 17.4. The molecular weight excluding hydrogens is 402 g/mol. The lowest BCUT2D eigenvalue weighted by molar-refractivity contribution is 0.110. The Kier molecular flexibility index (Phi) is 8.65. The van der Waals surface area contributed by atoms with Crippen molar-refractivity contribution in [2.24, 2.45) is 0 Å². The molecule has 1 fully saturated rings. The number of rotatable bonds is 8. The number of benzene rings is 1. The van der Waals surface area contributed by atoms with Crippen LogP contribution < -0.4 is 10.1 Å². The van der Waals surface area contributed by atoms with E-state index in [1.54, 1.807) is 41.0 Å². The molecule has 9 heteroatoms. The summed E-state index contributed by atoms with van der Waals surface area (Å²) < 4.78 is 38.7. The highest BCUT2D eigenvalue weighted by Crippen LogP contribution is 2.29. The van der Waals surface area contributed by atoms with Gasteiger partial charge >= 0.3 is 0 Å². The molecule has 1 unspecified atom stereocenters. The van der Waals surface area contributed by atoms with Crippen molar-refractivity contribution in [1.29, 1.82) is 0 Å². The number of sulfonamides is 1. The molecule has 0 amide bonds. The normalized spacial score (nSPS) is 17.7. The van der Waals surface area contributed by atoms with Gasteiger partial charge in [0.05, 0.1) is 17.5 Å². The van der Waals surface area contributed by atoms with Crippen LogP contribution in [0.15, 0.2) is 53.7 Å². The van der Waals surface area contributed by atoms with Crippen LogP contribution in [0.1, 0.15) is 18.5 Å². The zero-order valence-electron chi connectivity index (χ0n) is 15.8. The number of ether oxygens (including phenoxy) is 2. The molecular formula is C19H26ClN3O4S. The minimum atomic E-state index is -3.62. The quantitative estimate of drug-likeness (QED) is 0.651. The fraction of sp³-hybridized carbons (Fsp3) is 0.421. The Morgan fingerprint density at radius 3 is 2.68 bits per heavy atom. The summed E-state index contributed by atoms with van der Waals surface area (Å²) >= 11 is 0. The van der Waals surface area contributed by atoms with E-state index in [0.29, 0.717) is 45.2 Å². The zero-order chi connectivity index (χ0) is 19.1. The Hall–Kier alpha value is -1.71. The number of pyridine rings is 1. The number of nitrogens with zero attached hydrogens (tertiary/aromatic N) is 2. The topological polar surface area (TPSA) is 80.8 Å². The average molecular weight is 428 g/mol. The molecule has 0 radical (unpaired) electrons. The van der Waals surface area contributed by atoms with Gasteiger partial charge in [-0.15, -0.1) is 12.4 Å². The van der Waals surface area contributed by atoms with E-state index in [1.807, 2.05) is 19.1 Å². The molecule has 0 aliphatic carbocycles. The number of nitrogens with one attached hydrogen (secondary N) is 1. The summed E-state index contributed by atoms with van der Waals surface area (Å²) in [7, 11) is -3.62. The van der Waals surface area contributed by atoms with Crippen LogP contribution in [0.3, 0.4) is 0 Å².